The van der Waals surface area contributed by atoms with Gasteiger partial charge in [-0.2, -0.15) is 0 Å². The SMILES string of the molecule is COc1ccc2cc3c(nc2c1)N(c1ccc(C(=O)Nc2cccc(Cl)c2)cc1)CC3. The van der Waals surface area contributed by atoms with Crippen LogP contribution >= 0.6 is 11.6 Å². The van der Waals surface area contributed by atoms with Crippen molar-refractivity contribution in [3.63, 3.8) is 0 Å². The second-order valence-electron chi connectivity index (χ2n) is 7.44. The standard InChI is InChI=1S/C25H20ClN3O2/c1-31-22-10-7-17-13-18-11-12-29(24(18)28-23(17)15-22)21-8-5-16(6-9-21)25(30)27-20-4-2-3-19(26)14-20/h2-10,13-15H,11-12H2,1H3,(H,27,30). The van der Waals surface area contributed by atoms with Crippen LogP contribution in [0.5, 0.6) is 5.75 Å². The van der Waals surface area contributed by atoms with Gasteiger partial charge in [-0.05, 0) is 72.6 Å². The van der Waals surface area contributed by atoms with Crippen molar-refractivity contribution in [2.75, 3.05) is 23.9 Å². The lowest BCUT2D eigenvalue weighted by molar-refractivity contribution is 0.102. The minimum atomic E-state index is -0.174. The summed E-state index contributed by atoms with van der Waals surface area (Å²) in [7, 11) is 1.66. The Labute approximate surface area is 185 Å². The number of amides is 1. The van der Waals surface area contributed by atoms with Gasteiger partial charge in [0.1, 0.15) is 11.6 Å². The maximum atomic E-state index is 12.6. The number of carbonyl (C=O) groups is 1. The highest BCUT2D eigenvalue weighted by Gasteiger charge is 2.23. The van der Waals surface area contributed by atoms with Gasteiger partial charge in [0.2, 0.25) is 0 Å². The van der Waals surface area contributed by atoms with Crippen LogP contribution in [0.25, 0.3) is 10.9 Å². The van der Waals surface area contributed by atoms with Gasteiger partial charge in [-0.3, -0.25) is 4.79 Å². The number of hydrogen-bond acceptors (Lipinski definition) is 4. The summed E-state index contributed by atoms with van der Waals surface area (Å²) in [6.45, 7) is 0.851. The molecule has 2 heterocycles. The maximum Gasteiger partial charge on any atom is 0.255 e. The van der Waals surface area contributed by atoms with Crippen molar-refractivity contribution in [3.8, 4) is 5.75 Å². The van der Waals surface area contributed by atoms with E-state index < -0.39 is 0 Å². The van der Waals surface area contributed by atoms with Crippen LogP contribution in [0.3, 0.4) is 0 Å². The number of halogens is 1. The van der Waals surface area contributed by atoms with Gasteiger partial charge in [0.15, 0.2) is 0 Å². The maximum absolute atomic E-state index is 12.6. The topological polar surface area (TPSA) is 54.5 Å². The predicted octanol–water partition coefficient (Wildman–Crippen LogP) is 5.84. The smallest absolute Gasteiger partial charge is 0.255 e. The number of carbonyl (C=O) groups excluding carboxylic acids is 1. The number of pyridine rings is 1. The zero-order valence-electron chi connectivity index (χ0n) is 16.9. The molecule has 0 unspecified atom stereocenters. The van der Waals surface area contributed by atoms with Crippen molar-refractivity contribution < 1.29 is 9.53 Å². The second kappa shape index (κ2) is 7.93. The van der Waals surface area contributed by atoms with E-state index in [1.54, 1.807) is 25.3 Å². The van der Waals surface area contributed by atoms with E-state index in [2.05, 4.69) is 16.3 Å². The Bertz CT molecular complexity index is 1290. The zero-order valence-corrected chi connectivity index (χ0v) is 17.7. The molecule has 6 heteroatoms. The van der Waals surface area contributed by atoms with E-state index in [0.29, 0.717) is 16.3 Å². The molecule has 0 spiro atoms. The number of methoxy groups -OCH3 is 1. The Hall–Kier alpha value is -3.57. The quantitative estimate of drug-likeness (QED) is 0.442. The second-order valence-corrected chi connectivity index (χ2v) is 7.88. The summed E-state index contributed by atoms with van der Waals surface area (Å²) in [5.74, 6) is 1.57. The highest BCUT2D eigenvalue weighted by molar-refractivity contribution is 6.31. The number of nitrogens with zero attached hydrogens (tertiary/aromatic N) is 2. The minimum absolute atomic E-state index is 0.174. The number of anilines is 3. The van der Waals surface area contributed by atoms with Crippen LogP contribution in [-0.4, -0.2) is 24.5 Å². The molecule has 0 radical (unpaired) electrons. The van der Waals surface area contributed by atoms with Crippen molar-refractivity contribution in [1.29, 1.82) is 0 Å². The van der Waals surface area contributed by atoms with Crippen molar-refractivity contribution in [3.05, 3.63) is 88.9 Å². The number of fused-ring (bicyclic) bond motifs is 2. The molecular weight excluding hydrogens is 410 g/mol. The number of ether oxygens (including phenoxy) is 1. The van der Waals surface area contributed by atoms with Gasteiger partial charge in [-0.1, -0.05) is 17.7 Å². The van der Waals surface area contributed by atoms with E-state index in [9.17, 15) is 4.79 Å². The first kappa shape index (κ1) is 19.4. The lowest BCUT2D eigenvalue weighted by Crippen LogP contribution is -2.15. The molecule has 1 aliphatic rings. The third-order valence-corrected chi connectivity index (χ3v) is 5.70. The zero-order chi connectivity index (χ0) is 21.4. The predicted molar refractivity (Wildman–Crippen MR) is 125 cm³/mol. The fraction of sp³-hybridized carbons (Fsp3) is 0.120. The van der Waals surface area contributed by atoms with Crippen LogP contribution in [0, 0.1) is 0 Å². The van der Waals surface area contributed by atoms with E-state index in [0.717, 1.165) is 41.1 Å². The fourth-order valence-corrected chi connectivity index (χ4v) is 4.07. The molecule has 0 saturated heterocycles. The van der Waals surface area contributed by atoms with Gasteiger partial charge < -0.3 is 15.0 Å². The molecule has 5 nitrogen and oxygen atoms in total. The van der Waals surface area contributed by atoms with Crippen LogP contribution < -0.4 is 15.0 Å². The number of nitrogens with one attached hydrogen (secondary N) is 1. The van der Waals surface area contributed by atoms with Crippen molar-refractivity contribution in [2.24, 2.45) is 0 Å². The molecule has 1 N–H and O–H groups in total. The van der Waals surface area contributed by atoms with E-state index in [4.69, 9.17) is 21.3 Å². The van der Waals surface area contributed by atoms with Gasteiger partial charge in [0, 0.05) is 40.0 Å². The molecule has 31 heavy (non-hydrogen) atoms. The first-order valence-corrected chi connectivity index (χ1v) is 10.4. The third kappa shape index (κ3) is 3.80. The van der Waals surface area contributed by atoms with Crippen LogP contribution in [0.4, 0.5) is 17.2 Å². The number of hydrogen-bond donors (Lipinski definition) is 1. The summed E-state index contributed by atoms with van der Waals surface area (Å²) in [5, 5.41) is 4.56. The molecule has 5 rings (SSSR count). The molecule has 3 aromatic carbocycles. The summed E-state index contributed by atoms with van der Waals surface area (Å²) in [4.78, 5) is 19.7. The molecular formula is C25H20ClN3O2. The van der Waals surface area contributed by atoms with Crippen molar-refractivity contribution >= 4 is 45.6 Å². The third-order valence-electron chi connectivity index (χ3n) is 5.46. The molecule has 0 aliphatic carbocycles. The van der Waals surface area contributed by atoms with Gasteiger partial charge in [-0.15, -0.1) is 0 Å². The van der Waals surface area contributed by atoms with Gasteiger partial charge in [0.05, 0.1) is 12.6 Å². The monoisotopic (exact) mass is 429 g/mol. The molecule has 4 aromatic rings. The number of aromatic nitrogens is 1. The molecule has 1 aromatic heterocycles. The highest BCUT2D eigenvalue weighted by Crippen LogP contribution is 2.35. The summed E-state index contributed by atoms with van der Waals surface area (Å²) in [5.41, 5.74) is 4.39. The lowest BCUT2D eigenvalue weighted by atomic mass is 10.1. The number of benzene rings is 3. The van der Waals surface area contributed by atoms with E-state index in [1.807, 2.05) is 48.5 Å². The normalized spacial score (nSPS) is 12.6. The fourth-order valence-electron chi connectivity index (χ4n) is 3.88. The Morgan fingerprint density at radius 1 is 1.06 bits per heavy atom. The van der Waals surface area contributed by atoms with E-state index >= 15 is 0 Å². The number of rotatable bonds is 4. The van der Waals surface area contributed by atoms with Crippen LogP contribution in [-0.2, 0) is 6.42 Å². The lowest BCUT2D eigenvalue weighted by Gasteiger charge is -2.19. The Balaban J connectivity index is 1.39. The summed E-state index contributed by atoms with van der Waals surface area (Å²) >= 11 is 5.99. The van der Waals surface area contributed by atoms with Crippen molar-refractivity contribution in [1.82, 2.24) is 4.98 Å². The summed E-state index contributed by atoms with van der Waals surface area (Å²) < 4.78 is 5.34. The van der Waals surface area contributed by atoms with Crippen LogP contribution in [0.2, 0.25) is 5.02 Å². The largest absolute Gasteiger partial charge is 0.497 e. The average molecular weight is 430 g/mol. The van der Waals surface area contributed by atoms with Gasteiger partial charge in [-0.25, -0.2) is 4.98 Å². The first-order valence-electron chi connectivity index (χ1n) is 10.0. The Kier molecular flexibility index (Phi) is 4.96. The van der Waals surface area contributed by atoms with Crippen LogP contribution in [0.1, 0.15) is 15.9 Å². The molecule has 154 valence electrons. The molecule has 1 aliphatic heterocycles. The molecule has 0 bridgehead atoms. The Morgan fingerprint density at radius 3 is 2.68 bits per heavy atom. The first-order chi connectivity index (χ1) is 15.1. The Morgan fingerprint density at radius 2 is 1.90 bits per heavy atom. The van der Waals surface area contributed by atoms with Crippen molar-refractivity contribution in [2.45, 2.75) is 6.42 Å². The van der Waals surface area contributed by atoms with E-state index in [-0.39, 0.29) is 5.91 Å². The molecule has 0 atom stereocenters. The minimum Gasteiger partial charge on any atom is -0.497 e. The summed E-state index contributed by atoms with van der Waals surface area (Å²) in [6.07, 6.45) is 0.932. The van der Waals surface area contributed by atoms with Gasteiger partial charge >= 0.3 is 0 Å². The van der Waals surface area contributed by atoms with Gasteiger partial charge in [0.25, 0.3) is 5.91 Å². The summed E-state index contributed by atoms with van der Waals surface area (Å²) in [6, 6.07) is 22.8. The average Bonchev–Trinajstić information content (AvgIpc) is 3.20. The molecule has 0 saturated carbocycles. The van der Waals surface area contributed by atoms with E-state index in [1.165, 1.54) is 5.56 Å². The van der Waals surface area contributed by atoms with Crippen LogP contribution in [0.15, 0.2) is 72.8 Å². The highest BCUT2D eigenvalue weighted by atomic mass is 35.5. The molecule has 0 fully saturated rings. The molecule has 1 amide bonds.